The van der Waals surface area contributed by atoms with Gasteiger partial charge in [0.2, 0.25) is 0 Å². The van der Waals surface area contributed by atoms with Crippen LogP contribution in [-0.4, -0.2) is 31.2 Å². The van der Waals surface area contributed by atoms with Gasteiger partial charge in [0.25, 0.3) is 5.69 Å². The minimum atomic E-state index is -0.429. The summed E-state index contributed by atoms with van der Waals surface area (Å²) in [5.41, 5.74) is 2.99. The molecule has 0 radical (unpaired) electrons. The number of nitrogens with zero attached hydrogens (tertiary/aromatic N) is 5. The predicted octanol–water partition coefficient (Wildman–Crippen LogP) is 3.10. The van der Waals surface area contributed by atoms with Crippen LogP contribution in [0.1, 0.15) is 0 Å². The molecule has 0 atom stereocenters. The Bertz CT molecular complexity index is 1070. The Labute approximate surface area is 142 Å². The van der Waals surface area contributed by atoms with Crippen molar-refractivity contribution in [3.63, 3.8) is 0 Å². The van der Waals surface area contributed by atoms with Gasteiger partial charge in [-0.1, -0.05) is 0 Å². The Morgan fingerprint density at radius 1 is 1.20 bits per heavy atom. The summed E-state index contributed by atoms with van der Waals surface area (Å²) in [5, 5.41) is 15.6. The average molecular weight is 335 g/mol. The molecule has 124 valence electrons. The number of benzene rings is 1. The Kier molecular flexibility index (Phi) is 3.42. The first kappa shape index (κ1) is 14.9. The van der Waals surface area contributed by atoms with Gasteiger partial charge in [-0.25, -0.2) is 4.52 Å². The second-order valence-corrected chi connectivity index (χ2v) is 5.36. The summed E-state index contributed by atoms with van der Waals surface area (Å²) in [6, 6.07) is 10.2. The molecule has 3 heterocycles. The minimum absolute atomic E-state index is 0.00496. The van der Waals surface area contributed by atoms with Gasteiger partial charge in [-0.05, 0) is 18.2 Å². The van der Waals surface area contributed by atoms with E-state index in [0.29, 0.717) is 11.4 Å². The second-order valence-electron chi connectivity index (χ2n) is 5.36. The number of nitro groups is 1. The molecule has 0 spiro atoms. The number of ether oxygens (including phenoxy) is 1. The highest BCUT2D eigenvalue weighted by molar-refractivity contribution is 5.66. The number of non-ortho nitro benzene ring substituents is 1. The van der Waals surface area contributed by atoms with Gasteiger partial charge in [0.05, 0.1) is 23.4 Å². The summed E-state index contributed by atoms with van der Waals surface area (Å²) < 4.78 is 8.87. The van der Waals surface area contributed by atoms with E-state index in [0.717, 1.165) is 16.9 Å². The van der Waals surface area contributed by atoms with Crippen molar-refractivity contribution in [2.24, 2.45) is 0 Å². The lowest BCUT2D eigenvalue weighted by molar-refractivity contribution is -0.384. The first-order valence-electron chi connectivity index (χ1n) is 7.47. The third-order valence-corrected chi connectivity index (χ3v) is 3.91. The average Bonchev–Trinajstić information content (AvgIpc) is 3.22. The highest BCUT2D eigenvalue weighted by Crippen LogP contribution is 2.30. The Morgan fingerprint density at radius 2 is 2.08 bits per heavy atom. The van der Waals surface area contributed by atoms with E-state index in [2.05, 4.69) is 10.1 Å². The number of methoxy groups -OCH3 is 1. The molecule has 8 nitrogen and oxygen atoms in total. The second kappa shape index (κ2) is 5.75. The van der Waals surface area contributed by atoms with Crippen LogP contribution in [-0.2, 0) is 0 Å². The first-order valence-corrected chi connectivity index (χ1v) is 7.47. The number of nitro benzene ring substituents is 1. The molecule has 1 aromatic carbocycles. The summed E-state index contributed by atoms with van der Waals surface area (Å²) in [4.78, 5) is 14.8. The molecule has 0 saturated heterocycles. The number of pyridine rings is 1. The predicted molar refractivity (Wildman–Crippen MR) is 91.0 cm³/mol. The Balaban J connectivity index is 1.89. The standard InChI is InChI=1S/C17H13N5O3/c1-25-16-5-4-13(22(23)24)9-15(16)20-7-8-21-17(20)10-14(19-21)12-3-2-6-18-11-12/h2-11H,1H3. The molecular weight excluding hydrogens is 322 g/mol. The van der Waals surface area contributed by atoms with Crippen molar-refractivity contribution in [2.45, 2.75) is 0 Å². The summed E-state index contributed by atoms with van der Waals surface area (Å²) >= 11 is 0. The van der Waals surface area contributed by atoms with Gasteiger partial charge < -0.3 is 4.74 Å². The molecule has 0 aliphatic rings. The molecule has 4 aromatic rings. The zero-order valence-electron chi connectivity index (χ0n) is 13.2. The van der Waals surface area contributed by atoms with E-state index in [9.17, 15) is 10.1 Å². The van der Waals surface area contributed by atoms with Crippen LogP contribution in [0.25, 0.3) is 22.6 Å². The van der Waals surface area contributed by atoms with Crippen LogP contribution in [0.4, 0.5) is 5.69 Å². The summed E-state index contributed by atoms with van der Waals surface area (Å²) in [6.45, 7) is 0. The molecule has 0 amide bonds. The maximum atomic E-state index is 11.1. The molecule has 0 fully saturated rings. The molecule has 0 aliphatic carbocycles. The number of hydrogen-bond donors (Lipinski definition) is 0. The van der Waals surface area contributed by atoms with Gasteiger partial charge in [-0.15, -0.1) is 0 Å². The Morgan fingerprint density at radius 3 is 2.80 bits per heavy atom. The Hall–Kier alpha value is -3.68. The fourth-order valence-electron chi connectivity index (χ4n) is 2.72. The number of imidazole rings is 1. The van der Waals surface area contributed by atoms with Gasteiger partial charge in [-0.2, -0.15) is 5.10 Å². The van der Waals surface area contributed by atoms with Crippen LogP contribution in [0.2, 0.25) is 0 Å². The van der Waals surface area contributed by atoms with Gasteiger partial charge in [0, 0.05) is 48.5 Å². The van der Waals surface area contributed by atoms with Crippen LogP contribution >= 0.6 is 0 Å². The van der Waals surface area contributed by atoms with Crippen molar-refractivity contribution in [3.05, 3.63) is 71.3 Å². The number of fused-ring (bicyclic) bond motifs is 1. The lowest BCUT2D eigenvalue weighted by atomic mass is 10.2. The topological polar surface area (TPSA) is 87.5 Å². The molecule has 4 rings (SSSR count). The van der Waals surface area contributed by atoms with Crippen LogP contribution in [0, 0.1) is 10.1 Å². The van der Waals surface area contributed by atoms with E-state index in [-0.39, 0.29) is 5.69 Å². The minimum Gasteiger partial charge on any atom is -0.495 e. The molecule has 25 heavy (non-hydrogen) atoms. The summed E-state index contributed by atoms with van der Waals surface area (Å²) in [6.07, 6.45) is 7.01. The molecule has 0 unspecified atom stereocenters. The van der Waals surface area contributed by atoms with Crippen LogP contribution in [0.15, 0.2) is 61.2 Å². The molecule has 0 bridgehead atoms. The van der Waals surface area contributed by atoms with Crippen LogP contribution in [0.3, 0.4) is 0 Å². The molecule has 8 heteroatoms. The number of rotatable bonds is 4. The zero-order valence-corrected chi connectivity index (χ0v) is 13.2. The summed E-state index contributed by atoms with van der Waals surface area (Å²) in [5.74, 6) is 0.535. The number of hydrogen-bond acceptors (Lipinski definition) is 5. The molecule has 0 saturated carbocycles. The fraction of sp³-hybridized carbons (Fsp3) is 0.0588. The molecule has 3 aromatic heterocycles. The van der Waals surface area contributed by atoms with Gasteiger partial charge in [-0.3, -0.25) is 19.7 Å². The van der Waals surface area contributed by atoms with Crippen molar-refractivity contribution in [3.8, 4) is 22.7 Å². The molecular formula is C17H13N5O3. The third-order valence-electron chi connectivity index (χ3n) is 3.91. The maximum absolute atomic E-state index is 11.1. The number of aromatic nitrogens is 4. The van der Waals surface area contributed by atoms with E-state index in [1.54, 1.807) is 39.9 Å². The van der Waals surface area contributed by atoms with Crippen molar-refractivity contribution in [1.29, 1.82) is 0 Å². The van der Waals surface area contributed by atoms with E-state index in [1.165, 1.54) is 19.2 Å². The highest BCUT2D eigenvalue weighted by atomic mass is 16.6. The highest BCUT2D eigenvalue weighted by Gasteiger charge is 2.16. The smallest absolute Gasteiger partial charge is 0.271 e. The molecule has 0 N–H and O–H groups in total. The van der Waals surface area contributed by atoms with Crippen molar-refractivity contribution in [2.75, 3.05) is 7.11 Å². The van der Waals surface area contributed by atoms with Crippen molar-refractivity contribution >= 4 is 11.3 Å². The van der Waals surface area contributed by atoms with Crippen LogP contribution in [0.5, 0.6) is 5.75 Å². The van der Waals surface area contributed by atoms with E-state index < -0.39 is 4.92 Å². The quantitative estimate of drug-likeness (QED) is 0.422. The first-order chi connectivity index (χ1) is 12.2. The fourth-order valence-corrected chi connectivity index (χ4v) is 2.72. The zero-order chi connectivity index (χ0) is 17.4. The SMILES string of the molecule is COc1ccc([N+](=O)[O-])cc1-n1ccn2nc(-c3cccnc3)cc12. The van der Waals surface area contributed by atoms with Gasteiger partial charge >= 0.3 is 0 Å². The van der Waals surface area contributed by atoms with Gasteiger partial charge in [0.15, 0.2) is 0 Å². The van der Waals surface area contributed by atoms with E-state index in [1.807, 2.05) is 18.2 Å². The van der Waals surface area contributed by atoms with Crippen molar-refractivity contribution in [1.82, 2.24) is 19.2 Å². The monoisotopic (exact) mass is 335 g/mol. The van der Waals surface area contributed by atoms with Crippen LogP contribution < -0.4 is 4.74 Å². The van der Waals surface area contributed by atoms with Gasteiger partial charge in [0.1, 0.15) is 11.4 Å². The lowest BCUT2D eigenvalue weighted by Gasteiger charge is -2.09. The van der Waals surface area contributed by atoms with Crippen molar-refractivity contribution < 1.29 is 9.66 Å². The van der Waals surface area contributed by atoms with E-state index >= 15 is 0 Å². The summed E-state index contributed by atoms with van der Waals surface area (Å²) in [7, 11) is 1.53. The largest absolute Gasteiger partial charge is 0.495 e. The maximum Gasteiger partial charge on any atom is 0.271 e. The lowest BCUT2D eigenvalue weighted by Crippen LogP contribution is -1.99. The normalized spacial score (nSPS) is 10.9. The molecule has 0 aliphatic heterocycles. The van der Waals surface area contributed by atoms with E-state index in [4.69, 9.17) is 4.74 Å². The third kappa shape index (κ3) is 2.49.